The molecule has 17 rings (SSSR count). The molecule has 0 spiro atoms. The van der Waals surface area contributed by atoms with Gasteiger partial charge in [-0.3, -0.25) is 24.0 Å². The van der Waals surface area contributed by atoms with Crippen LogP contribution in [0.2, 0.25) is 0 Å². The monoisotopic (exact) mass is 1720 g/mol. The van der Waals surface area contributed by atoms with Crippen LogP contribution in [0, 0.1) is 35.0 Å². The highest BCUT2D eigenvalue weighted by molar-refractivity contribution is 7.15. The molecular formula is C83H69F5N22O6S5. The lowest BCUT2D eigenvalue weighted by molar-refractivity contribution is -0.116. The maximum atomic E-state index is 13.7. The van der Waals surface area contributed by atoms with E-state index < -0.39 is 11.6 Å². The number of nitrogens with zero attached hydrogens (tertiary/aromatic N) is 15. The molecule has 2 aliphatic rings. The molecule has 121 heavy (non-hydrogen) atoms. The molecule has 38 heteroatoms. The first-order chi connectivity index (χ1) is 58.9. The highest BCUT2D eigenvalue weighted by Gasteiger charge is 2.24. The van der Waals surface area contributed by atoms with Gasteiger partial charge in [0.15, 0.2) is 25.7 Å². The number of benzene rings is 5. The number of halogens is 5. The number of aromatic nitrogens is 15. The summed E-state index contributed by atoms with van der Waals surface area (Å²) in [5, 5.41) is 31.3. The summed E-state index contributed by atoms with van der Waals surface area (Å²) in [6.07, 6.45) is 15.9. The van der Waals surface area contributed by atoms with E-state index in [0.717, 1.165) is 30.9 Å². The van der Waals surface area contributed by atoms with Crippen molar-refractivity contribution in [2.24, 2.45) is 5.92 Å². The van der Waals surface area contributed by atoms with E-state index in [9.17, 15) is 45.9 Å². The van der Waals surface area contributed by atoms with Gasteiger partial charge in [-0.2, -0.15) is 4.98 Å². The van der Waals surface area contributed by atoms with Crippen molar-refractivity contribution in [1.29, 1.82) is 0 Å². The lowest BCUT2D eigenvalue weighted by atomic mass is 10.1. The molecule has 10 aromatic heterocycles. The van der Waals surface area contributed by atoms with Crippen LogP contribution in [-0.2, 0) is 56.1 Å². The first kappa shape index (κ1) is 84.9. The molecule has 2 fully saturated rings. The van der Waals surface area contributed by atoms with Crippen LogP contribution in [-0.4, -0.2) is 124 Å². The highest BCUT2D eigenvalue weighted by atomic mass is 32.1. The van der Waals surface area contributed by atoms with Crippen LogP contribution in [0.1, 0.15) is 53.5 Å². The summed E-state index contributed by atoms with van der Waals surface area (Å²) in [4.78, 5) is 123. The standard InChI is InChI=1S/C19H18FN5OS.C18H16FN5OS.C16H13FN4O2S.2C15H11FN4OS/c20-14-4-2-1-3-13(14)9-17(26)25-19-24-16(11-27-19)15-7-8-21-18(23-15)22-10-12-5-6-12;19-13-4-2-1-3-11(13)9-16(25)24-18-23-15(10-26-18)14-7-8-20-17(22-14)21-12-5-6-12;1-23-15-18-7-6-12(19-15)13-9-24-16(20-13)21-14(22)8-10-4-2-3-5-11(10)17;16-11-3-1-10(2-4-11)7-14(21)20-15-19-13(8-22-15)12-5-6-17-9-18-12;16-11-4-2-1-3-10(11)7-14(21)20-15-19-13(8-22-15)12-5-6-17-9-18-12/h1-4,7-8,11-12H,5-6,9-10H2,(H,21,22,23)(H,24,25,26);1-4,7-8,10,12H,5-6,9H2,(H,20,21,22)(H,23,24,25);2-7,9H,8H2,1H3,(H,20,21,22);2*1-6,8-9H,7H2,(H,19,20,21). The van der Waals surface area contributed by atoms with Crippen LogP contribution in [0.25, 0.3) is 56.9 Å². The Morgan fingerprint density at radius 3 is 1.05 bits per heavy atom. The zero-order valence-corrected chi connectivity index (χ0v) is 67.8. The van der Waals surface area contributed by atoms with Gasteiger partial charge in [0.05, 0.1) is 67.7 Å². The Morgan fingerprint density at radius 1 is 0.355 bits per heavy atom. The summed E-state index contributed by atoms with van der Waals surface area (Å²) in [7, 11) is 1.48. The number of methoxy groups -OCH3 is 1. The van der Waals surface area contributed by atoms with E-state index in [0.29, 0.717) is 123 Å². The van der Waals surface area contributed by atoms with Crippen LogP contribution in [0.4, 0.5) is 59.5 Å². The van der Waals surface area contributed by atoms with Gasteiger partial charge in [-0.25, -0.2) is 91.7 Å². The van der Waals surface area contributed by atoms with Gasteiger partial charge in [0.1, 0.15) is 70.2 Å². The van der Waals surface area contributed by atoms with Gasteiger partial charge in [-0.05, 0) is 126 Å². The number of hydrogen-bond donors (Lipinski definition) is 7. The number of amides is 5. The van der Waals surface area contributed by atoms with E-state index in [1.54, 1.807) is 157 Å². The van der Waals surface area contributed by atoms with E-state index >= 15 is 0 Å². The molecule has 612 valence electrons. The normalized spacial score (nSPS) is 11.7. The smallest absolute Gasteiger partial charge is 0.316 e. The third kappa shape index (κ3) is 26.5. The van der Waals surface area contributed by atoms with Gasteiger partial charge < -0.3 is 42.0 Å². The Bertz CT molecular complexity index is 6010. The molecule has 15 aromatic rings. The minimum absolute atomic E-state index is 0.0326. The quantitative estimate of drug-likeness (QED) is 0.0248. The summed E-state index contributed by atoms with van der Waals surface area (Å²) in [5.41, 5.74) is 8.77. The molecular weight excluding hydrogens is 1660 g/mol. The fourth-order valence-corrected chi connectivity index (χ4v) is 14.3. The van der Waals surface area contributed by atoms with Crippen LogP contribution >= 0.6 is 56.7 Å². The minimum Gasteiger partial charge on any atom is -0.467 e. The molecule has 28 nitrogen and oxygen atoms in total. The average Bonchev–Trinajstić information content (AvgIpc) is 1.91. The first-order valence-corrected chi connectivity index (χ1v) is 41.3. The number of thiazole rings is 5. The van der Waals surface area contributed by atoms with Crippen molar-refractivity contribution >= 4 is 124 Å². The van der Waals surface area contributed by atoms with Crippen molar-refractivity contribution < 1.29 is 50.7 Å². The summed E-state index contributed by atoms with van der Waals surface area (Å²) in [5.74, 6) is -1.46. The van der Waals surface area contributed by atoms with Gasteiger partial charge in [0, 0.05) is 70.5 Å². The van der Waals surface area contributed by atoms with Crippen molar-refractivity contribution in [2.45, 2.75) is 63.8 Å². The van der Waals surface area contributed by atoms with E-state index in [2.05, 4.69) is 112 Å². The first-order valence-electron chi connectivity index (χ1n) is 36.9. The lowest BCUT2D eigenvalue weighted by Gasteiger charge is -2.04. The Labute approximate surface area is 707 Å². The van der Waals surface area contributed by atoms with E-state index in [-0.39, 0.29) is 85.1 Å². The van der Waals surface area contributed by atoms with Crippen molar-refractivity contribution in [3.63, 3.8) is 0 Å². The van der Waals surface area contributed by atoms with E-state index in [1.807, 2.05) is 16.1 Å². The molecule has 7 N–H and O–H groups in total. The number of rotatable bonds is 26. The molecule has 0 bridgehead atoms. The van der Waals surface area contributed by atoms with Crippen molar-refractivity contribution in [3.8, 4) is 62.9 Å². The third-order valence-corrected chi connectivity index (χ3v) is 20.8. The fourth-order valence-electron chi connectivity index (χ4n) is 10.7. The summed E-state index contributed by atoms with van der Waals surface area (Å²) >= 11 is 6.48. The number of carbonyl (C=O) groups excluding carboxylic acids is 5. The van der Waals surface area contributed by atoms with E-state index in [4.69, 9.17) is 4.74 Å². The average molecular weight is 1730 g/mol. The van der Waals surface area contributed by atoms with Gasteiger partial charge in [0.2, 0.25) is 41.4 Å². The second kappa shape index (κ2) is 42.4. The van der Waals surface area contributed by atoms with E-state index in [1.165, 1.54) is 126 Å². The SMILES string of the molecule is COc1nccc(-c2csc(NC(=O)Cc3ccccc3F)n2)n1.O=C(Cc1ccc(F)cc1)Nc1nc(-c2ccncn2)cs1.O=C(Cc1ccccc1F)Nc1nc(-c2ccnc(NC3CC3)n2)cs1.O=C(Cc1ccccc1F)Nc1nc(-c2ccnc(NCC3CC3)n2)cs1.O=C(Cc1ccccc1F)Nc1nc(-c2ccncn2)cs1. The second-order valence-electron chi connectivity index (χ2n) is 26.2. The summed E-state index contributed by atoms with van der Waals surface area (Å²) in [6.45, 7) is 0.887. The lowest BCUT2D eigenvalue weighted by Crippen LogP contribution is -2.15. The number of anilines is 7. The predicted molar refractivity (Wildman–Crippen MR) is 454 cm³/mol. The highest BCUT2D eigenvalue weighted by Crippen LogP contribution is 2.32. The topological polar surface area (TPSA) is 372 Å². The number of carbonyl (C=O) groups is 5. The number of nitrogens with one attached hydrogen (secondary N) is 7. The van der Waals surface area contributed by atoms with Crippen LogP contribution in [0.3, 0.4) is 0 Å². The molecule has 0 unspecified atom stereocenters. The molecule has 10 heterocycles. The fraction of sp³-hybridized carbons (Fsp3) is 0.157. The Kier molecular flexibility index (Phi) is 29.8. The van der Waals surface area contributed by atoms with Gasteiger partial charge in [-0.1, -0.05) is 84.9 Å². The number of hydrogen-bond acceptors (Lipinski definition) is 28. The third-order valence-electron chi connectivity index (χ3n) is 17.0. The van der Waals surface area contributed by atoms with Gasteiger partial charge in [0.25, 0.3) is 0 Å². The molecule has 5 amide bonds. The molecule has 2 aliphatic carbocycles. The van der Waals surface area contributed by atoms with Crippen LogP contribution in [0.15, 0.2) is 222 Å². The molecule has 0 aliphatic heterocycles. The molecule has 5 aromatic carbocycles. The molecule has 0 radical (unpaired) electrons. The van der Waals surface area contributed by atoms with Crippen LogP contribution < -0.4 is 42.0 Å². The predicted octanol–water partition coefficient (Wildman–Crippen LogP) is 16.0. The zero-order valence-electron chi connectivity index (χ0n) is 63.7. The largest absolute Gasteiger partial charge is 0.467 e. The number of ether oxygens (including phenoxy) is 1. The Morgan fingerprint density at radius 2 is 0.694 bits per heavy atom. The summed E-state index contributed by atoms with van der Waals surface area (Å²) in [6, 6.07) is 40.1. The van der Waals surface area contributed by atoms with Crippen molar-refractivity contribution in [2.75, 3.05) is 50.9 Å². The summed E-state index contributed by atoms with van der Waals surface area (Å²) < 4.78 is 72.2. The Hall–Kier alpha value is -14.0. The molecule has 0 atom stereocenters. The van der Waals surface area contributed by atoms with Crippen LogP contribution in [0.5, 0.6) is 6.01 Å². The van der Waals surface area contributed by atoms with Crippen molar-refractivity contribution in [3.05, 3.63) is 279 Å². The maximum Gasteiger partial charge on any atom is 0.316 e. The Balaban J connectivity index is 0.000000131. The zero-order chi connectivity index (χ0) is 84.2. The maximum absolute atomic E-state index is 13.7. The minimum atomic E-state index is -0.402. The molecule has 0 saturated heterocycles. The second-order valence-corrected chi connectivity index (χ2v) is 30.5. The van der Waals surface area contributed by atoms with Crippen molar-refractivity contribution in [1.82, 2.24) is 74.8 Å². The van der Waals surface area contributed by atoms with Gasteiger partial charge >= 0.3 is 6.01 Å². The van der Waals surface area contributed by atoms with Gasteiger partial charge in [-0.15, -0.1) is 56.7 Å². The molecule has 2 saturated carbocycles.